The van der Waals surface area contributed by atoms with Crippen molar-refractivity contribution in [1.29, 1.82) is 5.26 Å². The molecule has 0 saturated carbocycles. The number of hydrogen-bond donors (Lipinski definition) is 1. The molecule has 1 aliphatic rings. The van der Waals surface area contributed by atoms with Gasteiger partial charge in [-0.3, -0.25) is 0 Å². The van der Waals surface area contributed by atoms with Gasteiger partial charge in [0.15, 0.2) is 9.84 Å². The van der Waals surface area contributed by atoms with Crippen molar-refractivity contribution in [3.8, 4) is 6.07 Å². The molecule has 96 valence electrons. The minimum Gasteiger partial charge on any atom is -0.305 e. The molecule has 2 atom stereocenters. The summed E-state index contributed by atoms with van der Waals surface area (Å²) in [5, 5.41) is 12.2. The van der Waals surface area contributed by atoms with E-state index in [0.717, 1.165) is 12.0 Å². The molecule has 4 nitrogen and oxygen atoms in total. The summed E-state index contributed by atoms with van der Waals surface area (Å²) in [5.74, 6) is 0.316. The normalized spacial score (nSPS) is 26.4. The molecule has 0 spiro atoms. The number of nitrogens with one attached hydrogen (secondary N) is 1. The first-order chi connectivity index (χ1) is 8.54. The third-order valence-corrected chi connectivity index (χ3v) is 4.97. The summed E-state index contributed by atoms with van der Waals surface area (Å²) in [5.41, 5.74) is 1.43. The van der Waals surface area contributed by atoms with Crippen LogP contribution in [-0.2, 0) is 9.84 Å². The molecule has 2 rings (SSSR count). The Kier molecular flexibility index (Phi) is 3.69. The van der Waals surface area contributed by atoms with Crippen LogP contribution in [0.2, 0.25) is 0 Å². The van der Waals surface area contributed by atoms with Gasteiger partial charge in [-0.25, -0.2) is 8.42 Å². The van der Waals surface area contributed by atoms with Gasteiger partial charge in [0.2, 0.25) is 0 Å². The molecule has 0 bridgehead atoms. The Morgan fingerprint density at radius 3 is 2.89 bits per heavy atom. The molecule has 5 heteroatoms. The average Bonchev–Trinajstić information content (AvgIpc) is 2.37. The smallest absolute Gasteiger partial charge is 0.153 e. The summed E-state index contributed by atoms with van der Waals surface area (Å²) in [7, 11) is -3.01. The monoisotopic (exact) mass is 264 g/mol. The number of hydrogen-bond acceptors (Lipinski definition) is 4. The second-order valence-electron chi connectivity index (χ2n) is 4.64. The van der Waals surface area contributed by atoms with Crippen LogP contribution in [0.1, 0.15) is 30.5 Å². The lowest BCUT2D eigenvalue weighted by Gasteiger charge is -2.30. The van der Waals surface area contributed by atoms with Crippen LogP contribution in [-0.4, -0.2) is 26.0 Å². The van der Waals surface area contributed by atoms with Gasteiger partial charge in [-0.1, -0.05) is 19.1 Å². The van der Waals surface area contributed by atoms with Crippen molar-refractivity contribution < 1.29 is 8.42 Å². The van der Waals surface area contributed by atoms with Crippen LogP contribution < -0.4 is 5.32 Å². The summed E-state index contributed by atoms with van der Waals surface area (Å²) < 4.78 is 23.7. The zero-order valence-corrected chi connectivity index (χ0v) is 11.1. The fourth-order valence-electron chi connectivity index (χ4n) is 2.26. The molecule has 0 amide bonds. The lowest BCUT2D eigenvalue weighted by molar-refractivity contribution is 0.440. The van der Waals surface area contributed by atoms with Gasteiger partial charge in [-0.15, -0.1) is 0 Å². The SMILES string of the molecule is CCC1CS(=O)(=O)CC(c2cccc(C#N)c2)N1. The highest BCUT2D eigenvalue weighted by atomic mass is 32.2. The molecule has 18 heavy (non-hydrogen) atoms. The fraction of sp³-hybridized carbons (Fsp3) is 0.462. The van der Waals surface area contributed by atoms with Crippen molar-refractivity contribution in [1.82, 2.24) is 5.32 Å². The topological polar surface area (TPSA) is 70.0 Å². The van der Waals surface area contributed by atoms with Gasteiger partial charge in [-0.05, 0) is 24.1 Å². The molecule has 0 radical (unpaired) electrons. The third kappa shape index (κ3) is 2.89. The molecule has 1 heterocycles. The quantitative estimate of drug-likeness (QED) is 0.876. The van der Waals surface area contributed by atoms with Crippen molar-refractivity contribution in [3.05, 3.63) is 35.4 Å². The van der Waals surface area contributed by atoms with Crippen LogP contribution in [0.25, 0.3) is 0 Å². The van der Waals surface area contributed by atoms with Gasteiger partial charge in [-0.2, -0.15) is 5.26 Å². The number of rotatable bonds is 2. The van der Waals surface area contributed by atoms with E-state index in [0.29, 0.717) is 5.56 Å². The fourth-order valence-corrected chi connectivity index (χ4v) is 4.14. The molecule has 1 aliphatic heterocycles. The van der Waals surface area contributed by atoms with E-state index in [1.54, 1.807) is 18.2 Å². The first-order valence-corrected chi connectivity index (χ1v) is 7.82. The van der Waals surface area contributed by atoms with Crippen LogP contribution in [0, 0.1) is 11.3 Å². The lowest BCUT2D eigenvalue weighted by atomic mass is 10.0. The van der Waals surface area contributed by atoms with Crippen LogP contribution >= 0.6 is 0 Å². The van der Waals surface area contributed by atoms with Crippen molar-refractivity contribution in [2.75, 3.05) is 11.5 Å². The molecule has 0 aliphatic carbocycles. The van der Waals surface area contributed by atoms with Crippen LogP contribution in [0.3, 0.4) is 0 Å². The summed E-state index contributed by atoms with van der Waals surface area (Å²) in [4.78, 5) is 0. The van der Waals surface area contributed by atoms with E-state index in [2.05, 4.69) is 11.4 Å². The maximum Gasteiger partial charge on any atom is 0.153 e. The highest BCUT2D eigenvalue weighted by Gasteiger charge is 2.31. The summed E-state index contributed by atoms with van der Waals surface area (Å²) >= 11 is 0. The maximum atomic E-state index is 11.9. The summed E-state index contributed by atoms with van der Waals surface area (Å²) in [6, 6.07) is 9.00. The Balaban J connectivity index is 2.29. The molecule has 1 aromatic rings. The van der Waals surface area contributed by atoms with Gasteiger partial charge in [0.05, 0.1) is 23.1 Å². The predicted molar refractivity (Wildman–Crippen MR) is 69.8 cm³/mol. The van der Waals surface area contributed by atoms with Gasteiger partial charge < -0.3 is 5.32 Å². The molecule has 1 aromatic carbocycles. The Morgan fingerprint density at radius 2 is 2.22 bits per heavy atom. The molecule has 2 unspecified atom stereocenters. The highest BCUT2D eigenvalue weighted by molar-refractivity contribution is 7.91. The zero-order chi connectivity index (χ0) is 13.2. The second-order valence-corrected chi connectivity index (χ2v) is 6.79. The Hall–Kier alpha value is -1.38. The maximum absolute atomic E-state index is 11.9. The third-order valence-electron chi connectivity index (χ3n) is 3.22. The van der Waals surface area contributed by atoms with E-state index in [1.807, 2.05) is 13.0 Å². The van der Waals surface area contributed by atoms with E-state index in [1.165, 1.54) is 0 Å². The van der Waals surface area contributed by atoms with E-state index in [9.17, 15) is 8.42 Å². The van der Waals surface area contributed by atoms with E-state index in [4.69, 9.17) is 5.26 Å². The molecule has 1 saturated heterocycles. The highest BCUT2D eigenvalue weighted by Crippen LogP contribution is 2.22. The molecule has 1 N–H and O–H groups in total. The molecule has 1 fully saturated rings. The number of benzene rings is 1. The molecule has 0 aromatic heterocycles. The van der Waals surface area contributed by atoms with E-state index < -0.39 is 9.84 Å². The van der Waals surface area contributed by atoms with Crippen LogP contribution in [0.4, 0.5) is 0 Å². The first kappa shape index (κ1) is 13.1. The van der Waals surface area contributed by atoms with Crippen molar-refractivity contribution in [2.24, 2.45) is 0 Å². The lowest BCUT2D eigenvalue weighted by Crippen LogP contribution is -2.46. The second kappa shape index (κ2) is 5.09. The van der Waals surface area contributed by atoms with Crippen molar-refractivity contribution in [3.63, 3.8) is 0 Å². The van der Waals surface area contributed by atoms with Crippen LogP contribution in [0.15, 0.2) is 24.3 Å². The predicted octanol–water partition coefficient (Wildman–Crippen LogP) is 1.40. The number of nitrogens with zero attached hydrogens (tertiary/aromatic N) is 1. The number of sulfone groups is 1. The van der Waals surface area contributed by atoms with Gasteiger partial charge >= 0.3 is 0 Å². The Bertz CT molecular complexity index is 575. The number of nitriles is 1. The van der Waals surface area contributed by atoms with Gasteiger partial charge in [0.1, 0.15) is 0 Å². The van der Waals surface area contributed by atoms with Crippen LogP contribution in [0.5, 0.6) is 0 Å². The molecular weight excluding hydrogens is 248 g/mol. The minimum atomic E-state index is -3.01. The first-order valence-electron chi connectivity index (χ1n) is 6.00. The van der Waals surface area contributed by atoms with E-state index >= 15 is 0 Å². The van der Waals surface area contributed by atoms with Gasteiger partial charge in [0.25, 0.3) is 0 Å². The minimum absolute atomic E-state index is 0.000471. The van der Waals surface area contributed by atoms with Crippen molar-refractivity contribution >= 4 is 9.84 Å². The summed E-state index contributed by atoms with van der Waals surface area (Å²) in [6.45, 7) is 1.97. The van der Waals surface area contributed by atoms with E-state index in [-0.39, 0.29) is 23.6 Å². The Morgan fingerprint density at radius 1 is 1.44 bits per heavy atom. The Labute approximate surface area is 108 Å². The van der Waals surface area contributed by atoms with Crippen molar-refractivity contribution in [2.45, 2.75) is 25.4 Å². The van der Waals surface area contributed by atoms with Gasteiger partial charge in [0, 0.05) is 12.1 Å². The largest absolute Gasteiger partial charge is 0.305 e. The molecular formula is C13H16N2O2S. The average molecular weight is 264 g/mol. The zero-order valence-electron chi connectivity index (χ0n) is 10.3. The standard InChI is InChI=1S/C13H16N2O2S/c1-2-12-8-18(16,17)9-13(15-12)11-5-3-4-10(6-11)7-14/h3-6,12-13,15H,2,8-9H2,1H3. The summed E-state index contributed by atoms with van der Waals surface area (Å²) in [6.07, 6.45) is 0.785.